The quantitative estimate of drug-likeness (QED) is 0.799. The van der Waals surface area contributed by atoms with Crippen LogP contribution in [0.3, 0.4) is 0 Å². The van der Waals surface area contributed by atoms with E-state index in [0.717, 1.165) is 0 Å². The van der Waals surface area contributed by atoms with E-state index in [1.807, 2.05) is 0 Å². The first-order chi connectivity index (χ1) is 12.0. The third kappa shape index (κ3) is 6.61. The number of sulfonamides is 1. The van der Waals surface area contributed by atoms with Crippen molar-refractivity contribution in [3.05, 3.63) is 33.8 Å². The largest absolute Gasteiger partial charge is 0.444 e. The topological polar surface area (TPSA) is 75.7 Å². The summed E-state index contributed by atoms with van der Waals surface area (Å²) in [6, 6.07) is 4.35. The van der Waals surface area contributed by atoms with Crippen LogP contribution in [0.4, 0.5) is 4.79 Å². The zero-order chi connectivity index (χ0) is 19.5. The molecule has 0 unspecified atom stereocenters. The third-order valence-electron chi connectivity index (χ3n) is 3.77. The highest BCUT2D eigenvalue weighted by Crippen LogP contribution is 2.23. The van der Waals surface area contributed by atoms with E-state index < -0.39 is 21.7 Å². The highest BCUT2D eigenvalue weighted by atomic mass is 35.5. The normalized spacial score (nSPS) is 18.7. The van der Waals surface area contributed by atoms with Gasteiger partial charge in [0.15, 0.2) is 0 Å². The van der Waals surface area contributed by atoms with Gasteiger partial charge < -0.3 is 9.64 Å². The summed E-state index contributed by atoms with van der Waals surface area (Å²) in [5, 5.41) is 0.771. The lowest BCUT2D eigenvalue weighted by Gasteiger charge is -2.34. The first-order valence-electron chi connectivity index (χ1n) is 8.37. The van der Waals surface area contributed by atoms with E-state index in [9.17, 15) is 13.2 Å². The molecule has 0 aromatic heterocycles. The van der Waals surface area contributed by atoms with Gasteiger partial charge in [-0.1, -0.05) is 23.2 Å². The molecule has 9 heteroatoms. The Morgan fingerprint density at radius 2 is 2.04 bits per heavy atom. The number of hydrogen-bond donors (Lipinski definition) is 1. The molecular formula is C17H24Cl2N2O4S. The average Bonchev–Trinajstić information content (AvgIpc) is 2.48. The Hall–Kier alpha value is -1.02. The van der Waals surface area contributed by atoms with E-state index in [1.165, 1.54) is 11.0 Å². The van der Waals surface area contributed by atoms with E-state index in [0.29, 0.717) is 35.0 Å². The monoisotopic (exact) mass is 422 g/mol. The lowest BCUT2D eigenvalue weighted by molar-refractivity contribution is 0.0195. The number of hydrogen-bond acceptors (Lipinski definition) is 4. The number of piperidine rings is 1. The smallest absolute Gasteiger partial charge is 0.410 e. The maximum absolute atomic E-state index is 12.5. The predicted octanol–water partition coefficient (Wildman–Crippen LogP) is 3.81. The number of ether oxygens (including phenoxy) is 1. The van der Waals surface area contributed by atoms with Crippen molar-refractivity contribution in [2.24, 2.45) is 0 Å². The van der Waals surface area contributed by atoms with Crippen LogP contribution in [-0.2, 0) is 20.5 Å². The van der Waals surface area contributed by atoms with Gasteiger partial charge in [0, 0.05) is 29.2 Å². The van der Waals surface area contributed by atoms with Gasteiger partial charge in [0.25, 0.3) is 0 Å². The number of carbonyl (C=O) groups is 1. The van der Waals surface area contributed by atoms with Gasteiger partial charge in [-0.2, -0.15) is 0 Å². The lowest BCUT2D eigenvalue weighted by Crippen LogP contribution is -2.50. The molecule has 26 heavy (non-hydrogen) atoms. The fourth-order valence-electron chi connectivity index (χ4n) is 2.72. The summed E-state index contributed by atoms with van der Waals surface area (Å²) in [6.45, 7) is 6.21. The SMILES string of the molecule is CC(C)(C)OC(=O)N1CCC[C@H](NS(=O)(=O)Cc2cc(Cl)ccc2Cl)C1. The summed E-state index contributed by atoms with van der Waals surface area (Å²) in [4.78, 5) is 13.7. The first-order valence-corrected chi connectivity index (χ1v) is 10.8. The summed E-state index contributed by atoms with van der Waals surface area (Å²) in [5.41, 5.74) is -0.154. The highest BCUT2D eigenvalue weighted by Gasteiger charge is 2.30. The zero-order valence-electron chi connectivity index (χ0n) is 15.1. The van der Waals surface area contributed by atoms with Crippen molar-refractivity contribution in [2.45, 2.75) is 51.0 Å². The van der Waals surface area contributed by atoms with Crippen molar-refractivity contribution in [3.63, 3.8) is 0 Å². The number of benzene rings is 1. The Kier molecular flexibility index (Phi) is 6.82. The van der Waals surface area contributed by atoms with Gasteiger partial charge in [0.2, 0.25) is 10.0 Å². The van der Waals surface area contributed by atoms with Crippen molar-refractivity contribution in [3.8, 4) is 0 Å². The standard InChI is InChI=1S/C17H24Cl2N2O4S/c1-17(2,3)25-16(22)21-8-4-5-14(10-21)20-26(23,24)11-12-9-13(18)6-7-15(12)19/h6-7,9,14,20H,4-5,8,10-11H2,1-3H3/t14-/m0/s1. The molecule has 1 atom stereocenters. The van der Waals surface area contributed by atoms with Gasteiger partial charge in [-0.05, 0) is 57.4 Å². The second-order valence-electron chi connectivity index (χ2n) is 7.38. The van der Waals surface area contributed by atoms with Crippen molar-refractivity contribution in [1.82, 2.24) is 9.62 Å². The fourth-order valence-corrected chi connectivity index (χ4v) is 4.61. The molecule has 1 saturated heterocycles. The number of likely N-dealkylation sites (tertiary alicyclic amines) is 1. The number of carbonyl (C=O) groups excluding carboxylic acids is 1. The second kappa shape index (κ2) is 8.33. The minimum absolute atomic E-state index is 0.269. The third-order valence-corrected chi connectivity index (χ3v) is 5.76. The van der Waals surface area contributed by atoms with Gasteiger partial charge >= 0.3 is 6.09 Å². The van der Waals surface area contributed by atoms with Gasteiger partial charge in [-0.3, -0.25) is 0 Å². The van der Waals surface area contributed by atoms with E-state index in [4.69, 9.17) is 27.9 Å². The molecule has 1 aromatic rings. The van der Waals surface area contributed by atoms with Crippen molar-refractivity contribution in [2.75, 3.05) is 13.1 Å². The van der Waals surface area contributed by atoms with E-state index >= 15 is 0 Å². The molecule has 146 valence electrons. The minimum atomic E-state index is -3.63. The predicted molar refractivity (Wildman–Crippen MR) is 103 cm³/mol. The van der Waals surface area contributed by atoms with Crippen LogP contribution in [0.5, 0.6) is 0 Å². The van der Waals surface area contributed by atoms with E-state index in [1.54, 1.807) is 32.9 Å². The highest BCUT2D eigenvalue weighted by molar-refractivity contribution is 7.88. The van der Waals surface area contributed by atoms with Gasteiger partial charge in [0.05, 0.1) is 5.75 Å². The molecule has 1 N–H and O–H groups in total. The zero-order valence-corrected chi connectivity index (χ0v) is 17.4. The number of rotatable bonds is 4. The summed E-state index contributed by atoms with van der Waals surface area (Å²) in [6.07, 6.45) is 0.922. The second-order valence-corrected chi connectivity index (χ2v) is 9.98. The molecule has 2 rings (SSSR count). The van der Waals surface area contributed by atoms with Crippen LogP contribution in [0, 0.1) is 0 Å². The van der Waals surface area contributed by atoms with Gasteiger partial charge in [0.1, 0.15) is 5.60 Å². The van der Waals surface area contributed by atoms with Crippen LogP contribution in [0.25, 0.3) is 0 Å². The Balaban J connectivity index is 2.00. The Labute approximate surface area is 164 Å². The van der Waals surface area contributed by atoms with Crippen LogP contribution in [0.2, 0.25) is 10.0 Å². The molecule has 0 radical (unpaired) electrons. The van der Waals surface area contributed by atoms with Gasteiger partial charge in [-0.15, -0.1) is 0 Å². The molecule has 1 aromatic carbocycles. The van der Waals surface area contributed by atoms with Gasteiger partial charge in [-0.25, -0.2) is 17.9 Å². The molecule has 1 aliphatic heterocycles. The molecule has 0 spiro atoms. The molecule has 1 fully saturated rings. The fraction of sp³-hybridized carbons (Fsp3) is 0.588. The maximum atomic E-state index is 12.5. The van der Waals surface area contributed by atoms with Crippen molar-refractivity contribution in [1.29, 1.82) is 0 Å². The van der Waals surface area contributed by atoms with Crippen LogP contribution in [-0.4, -0.2) is 44.1 Å². The summed E-state index contributed by atoms with van der Waals surface area (Å²) in [7, 11) is -3.63. The van der Waals surface area contributed by atoms with E-state index in [-0.39, 0.29) is 18.3 Å². The van der Waals surface area contributed by atoms with Crippen LogP contribution < -0.4 is 4.72 Å². The molecule has 0 saturated carbocycles. The number of nitrogens with zero attached hydrogens (tertiary/aromatic N) is 1. The number of halogens is 2. The average molecular weight is 423 g/mol. The Morgan fingerprint density at radius 1 is 1.35 bits per heavy atom. The van der Waals surface area contributed by atoms with E-state index in [2.05, 4.69) is 4.72 Å². The van der Waals surface area contributed by atoms with Crippen LogP contribution >= 0.6 is 23.2 Å². The van der Waals surface area contributed by atoms with Crippen molar-refractivity contribution < 1.29 is 17.9 Å². The number of nitrogens with one attached hydrogen (secondary N) is 1. The Bertz CT molecular complexity index is 763. The molecule has 1 amide bonds. The van der Waals surface area contributed by atoms with Crippen LogP contribution in [0.15, 0.2) is 18.2 Å². The molecule has 0 aliphatic carbocycles. The molecule has 0 bridgehead atoms. The summed E-state index contributed by atoms with van der Waals surface area (Å²) < 4.78 is 33.0. The molecule has 1 heterocycles. The Morgan fingerprint density at radius 3 is 2.69 bits per heavy atom. The maximum Gasteiger partial charge on any atom is 0.410 e. The molecule has 1 aliphatic rings. The minimum Gasteiger partial charge on any atom is -0.444 e. The van der Waals surface area contributed by atoms with Crippen LogP contribution in [0.1, 0.15) is 39.2 Å². The lowest BCUT2D eigenvalue weighted by atomic mass is 10.1. The molecular weight excluding hydrogens is 399 g/mol. The summed E-state index contributed by atoms with van der Waals surface area (Å²) in [5.74, 6) is -0.269. The summed E-state index contributed by atoms with van der Waals surface area (Å²) >= 11 is 12.0. The first kappa shape index (κ1) is 21.3. The molecule has 6 nitrogen and oxygen atoms in total. The number of amides is 1. The van der Waals surface area contributed by atoms with Crippen molar-refractivity contribution >= 4 is 39.3 Å².